The molecule has 0 radical (unpaired) electrons. The summed E-state index contributed by atoms with van der Waals surface area (Å²) in [6.45, 7) is 4.32. The first-order valence-corrected chi connectivity index (χ1v) is 24.1. The number of hydrogen-bond acceptors (Lipinski definition) is 3. The molecule has 0 spiro atoms. The number of carbonyl (C=O) groups is 1. The fourth-order valence-corrected chi connectivity index (χ4v) is 7.47. The molecule has 0 aliphatic heterocycles. The third kappa shape index (κ3) is 41.9. The van der Waals surface area contributed by atoms with Gasteiger partial charge in [-0.25, -0.2) is 0 Å². The van der Waals surface area contributed by atoms with Crippen molar-refractivity contribution >= 4 is 5.91 Å². The molecule has 3 N–H and O–H groups in total. The van der Waals surface area contributed by atoms with E-state index in [1.165, 1.54) is 212 Å². The van der Waals surface area contributed by atoms with Crippen molar-refractivity contribution in [1.29, 1.82) is 0 Å². The van der Waals surface area contributed by atoms with Crippen LogP contribution in [0.25, 0.3) is 0 Å². The van der Waals surface area contributed by atoms with E-state index in [0.717, 1.165) is 32.1 Å². The molecule has 0 fully saturated rings. The first-order chi connectivity index (χ1) is 26.2. The van der Waals surface area contributed by atoms with Gasteiger partial charge in [-0.15, -0.1) is 0 Å². The Morgan fingerprint density at radius 1 is 0.434 bits per heavy atom. The van der Waals surface area contributed by atoms with Crippen LogP contribution in [-0.2, 0) is 4.79 Å². The van der Waals surface area contributed by atoms with Crippen molar-refractivity contribution in [1.82, 2.24) is 5.32 Å². The monoisotopic (exact) mass is 746 g/mol. The standard InChI is InChI=1S/C49H95NO3/c1-3-5-7-9-11-13-15-17-19-20-21-22-23-24-25-26-27-28-29-31-32-34-36-38-40-42-44-48(52)47(46-51)50-49(53)45-43-41-39-37-35-33-30-18-16-14-12-10-8-6-4-2/h18,30,42,44,47-48,51-52H,3-17,19-29,31-41,43,45-46H2,1-2H3,(H,50,53)/b30-18-,44-42+. The van der Waals surface area contributed by atoms with Crippen LogP contribution in [0, 0.1) is 0 Å². The maximum atomic E-state index is 12.4. The maximum absolute atomic E-state index is 12.4. The third-order valence-corrected chi connectivity index (χ3v) is 11.2. The summed E-state index contributed by atoms with van der Waals surface area (Å²) in [7, 11) is 0. The van der Waals surface area contributed by atoms with E-state index in [0.29, 0.717) is 6.42 Å². The van der Waals surface area contributed by atoms with Gasteiger partial charge in [0.1, 0.15) is 0 Å². The highest BCUT2D eigenvalue weighted by Crippen LogP contribution is 2.16. The highest BCUT2D eigenvalue weighted by Gasteiger charge is 2.17. The van der Waals surface area contributed by atoms with Crippen molar-refractivity contribution in [2.75, 3.05) is 6.61 Å². The first kappa shape index (κ1) is 51.9. The minimum atomic E-state index is -0.840. The van der Waals surface area contributed by atoms with Crippen LogP contribution in [0.1, 0.15) is 264 Å². The SMILES string of the molecule is CCCCCCCC/C=C\CCCCCCCC(=O)NC(CO)C(O)/C=C/CCCCCCCCCCCCCCCCCCCCCCCCCC. The summed E-state index contributed by atoms with van der Waals surface area (Å²) < 4.78 is 0. The molecule has 0 saturated heterocycles. The van der Waals surface area contributed by atoms with Gasteiger partial charge in [-0.1, -0.05) is 237 Å². The Kier molecular flexibility index (Phi) is 44.3. The van der Waals surface area contributed by atoms with E-state index in [9.17, 15) is 15.0 Å². The molecule has 1 amide bonds. The van der Waals surface area contributed by atoms with Crippen molar-refractivity contribution in [3.63, 3.8) is 0 Å². The van der Waals surface area contributed by atoms with Crippen LogP contribution in [0.5, 0.6) is 0 Å². The second-order valence-electron chi connectivity index (χ2n) is 16.5. The molecule has 0 rings (SSSR count). The number of unbranched alkanes of at least 4 members (excludes halogenated alkanes) is 35. The van der Waals surface area contributed by atoms with E-state index in [1.54, 1.807) is 6.08 Å². The van der Waals surface area contributed by atoms with Crippen molar-refractivity contribution in [2.24, 2.45) is 0 Å². The van der Waals surface area contributed by atoms with Gasteiger partial charge in [-0.2, -0.15) is 0 Å². The van der Waals surface area contributed by atoms with Gasteiger partial charge in [0, 0.05) is 6.42 Å². The van der Waals surface area contributed by atoms with Gasteiger partial charge in [-0.3, -0.25) is 4.79 Å². The van der Waals surface area contributed by atoms with E-state index in [1.807, 2.05) is 6.08 Å². The molecule has 0 heterocycles. The smallest absolute Gasteiger partial charge is 0.220 e. The van der Waals surface area contributed by atoms with E-state index >= 15 is 0 Å². The molecule has 0 aliphatic carbocycles. The van der Waals surface area contributed by atoms with E-state index in [-0.39, 0.29) is 12.5 Å². The van der Waals surface area contributed by atoms with Crippen LogP contribution < -0.4 is 5.32 Å². The summed E-state index contributed by atoms with van der Waals surface area (Å²) in [6.07, 6.45) is 58.8. The molecule has 0 bridgehead atoms. The quantitative estimate of drug-likeness (QED) is 0.0430. The normalized spacial score (nSPS) is 13.1. The fourth-order valence-electron chi connectivity index (χ4n) is 7.47. The zero-order chi connectivity index (χ0) is 38.6. The molecule has 2 atom stereocenters. The number of aliphatic hydroxyl groups is 2. The van der Waals surface area contributed by atoms with E-state index < -0.39 is 12.1 Å². The summed E-state index contributed by atoms with van der Waals surface area (Å²) in [4.78, 5) is 12.4. The van der Waals surface area contributed by atoms with Crippen molar-refractivity contribution in [3.05, 3.63) is 24.3 Å². The molecule has 0 aromatic carbocycles. The zero-order valence-corrected chi connectivity index (χ0v) is 36.1. The van der Waals surface area contributed by atoms with Crippen LogP contribution in [0.4, 0.5) is 0 Å². The van der Waals surface area contributed by atoms with Crippen LogP contribution >= 0.6 is 0 Å². The highest BCUT2D eigenvalue weighted by atomic mass is 16.3. The Labute approximate surface area is 332 Å². The van der Waals surface area contributed by atoms with Gasteiger partial charge in [0.15, 0.2) is 0 Å². The Balaban J connectivity index is 3.50. The minimum absolute atomic E-state index is 0.0702. The fraction of sp³-hybridized carbons (Fsp3) is 0.898. The number of amides is 1. The molecular formula is C49H95NO3. The van der Waals surface area contributed by atoms with Crippen LogP contribution in [0.2, 0.25) is 0 Å². The second kappa shape index (κ2) is 45.3. The molecule has 314 valence electrons. The van der Waals surface area contributed by atoms with Gasteiger partial charge in [0.25, 0.3) is 0 Å². The summed E-state index contributed by atoms with van der Waals surface area (Å²) >= 11 is 0. The second-order valence-corrected chi connectivity index (χ2v) is 16.5. The Morgan fingerprint density at radius 2 is 0.717 bits per heavy atom. The lowest BCUT2D eigenvalue weighted by Gasteiger charge is -2.20. The van der Waals surface area contributed by atoms with Crippen LogP contribution in [0.3, 0.4) is 0 Å². The van der Waals surface area contributed by atoms with E-state index in [2.05, 4.69) is 31.3 Å². The molecule has 0 aromatic heterocycles. The molecule has 2 unspecified atom stereocenters. The van der Waals surface area contributed by atoms with Gasteiger partial charge >= 0.3 is 0 Å². The Morgan fingerprint density at radius 3 is 1.04 bits per heavy atom. The number of carbonyl (C=O) groups excluding carboxylic acids is 1. The number of allylic oxidation sites excluding steroid dienone is 3. The average molecular weight is 746 g/mol. The minimum Gasteiger partial charge on any atom is -0.394 e. The number of hydrogen-bond donors (Lipinski definition) is 3. The molecular weight excluding hydrogens is 651 g/mol. The molecule has 4 nitrogen and oxygen atoms in total. The van der Waals surface area contributed by atoms with Crippen molar-refractivity contribution < 1.29 is 15.0 Å². The summed E-state index contributed by atoms with van der Waals surface area (Å²) in [5.41, 5.74) is 0. The predicted octanol–water partition coefficient (Wildman–Crippen LogP) is 15.2. The number of aliphatic hydroxyl groups excluding tert-OH is 2. The Bertz CT molecular complexity index is 765. The molecule has 4 heteroatoms. The van der Waals surface area contributed by atoms with Crippen LogP contribution in [0.15, 0.2) is 24.3 Å². The van der Waals surface area contributed by atoms with Crippen molar-refractivity contribution in [2.45, 2.75) is 276 Å². The Hall–Kier alpha value is -1.13. The lowest BCUT2D eigenvalue weighted by molar-refractivity contribution is -0.123. The van der Waals surface area contributed by atoms with E-state index in [4.69, 9.17) is 0 Å². The maximum Gasteiger partial charge on any atom is 0.220 e. The van der Waals surface area contributed by atoms with Crippen LogP contribution in [-0.4, -0.2) is 34.9 Å². The third-order valence-electron chi connectivity index (χ3n) is 11.2. The van der Waals surface area contributed by atoms with Gasteiger partial charge in [0.05, 0.1) is 18.8 Å². The lowest BCUT2D eigenvalue weighted by Crippen LogP contribution is -2.45. The topological polar surface area (TPSA) is 69.6 Å². The largest absolute Gasteiger partial charge is 0.394 e. The number of nitrogens with one attached hydrogen (secondary N) is 1. The molecule has 0 saturated carbocycles. The summed E-state index contributed by atoms with van der Waals surface area (Å²) in [5, 5.41) is 23.1. The molecule has 0 aromatic rings. The lowest BCUT2D eigenvalue weighted by atomic mass is 10.0. The van der Waals surface area contributed by atoms with Crippen molar-refractivity contribution in [3.8, 4) is 0 Å². The zero-order valence-electron chi connectivity index (χ0n) is 36.1. The van der Waals surface area contributed by atoms with Gasteiger partial charge < -0.3 is 15.5 Å². The average Bonchev–Trinajstić information content (AvgIpc) is 3.16. The van der Waals surface area contributed by atoms with Gasteiger partial charge in [0.2, 0.25) is 5.91 Å². The molecule has 0 aliphatic rings. The summed E-state index contributed by atoms with van der Waals surface area (Å²) in [6, 6.07) is -0.624. The molecule has 53 heavy (non-hydrogen) atoms. The number of rotatable bonds is 44. The summed E-state index contributed by atoms with van der Waals surface area (Å²) in [5.74, 6) is -0.0702. The van der Waals surface area contributed by atoms with Gasteiger partial charge in [-0.05, 0) is 44.9 Å². The predicted molar refractivity (Wildman–Crippen MR) is 235 cm³/mol. The highest BCUT2D eigenvalue weighted by molar-refractivity contribution is 5.76. The first-order valence-electron chi connectivity index (χ1n) is 24.1.